The van der Waals surface area contributed by atoms with Gasteiger partial charge < -0.3 is 5.43 Å². The van der Waals surface area contributed by atoms with E-state index in [0.717, 1.165) is 0 Å². The van der Waals surface area contributed by atoms with E-state index in [1.807, 2.05) is 0 Å². The Balaban J connectivity index is 2.58. The van der Waals surface area contributed by atoms with E-state index < -0.39 is 0 Å². The van der Waals surface area contributed by atoms with Crippen LogP contribution in [0, 0.1) is 4.91 Å². The van der Waals surface area contributed by atoms with Gasteiger partial charge in [0.2, 0.25) is 0 Å². The van der Waals surface area contributed by atoms with Crippen LogP contribution in [0.2, 0.25) is 0 Å². The summed E-state index contributed by atoms with van der Waals surface area (Å²) in [6, 6.07) is 3.30. The molecule has 6 heteroatoms. The number of nitroso groups, excluding NO2 is 1. The van der Waals surface area contributed by atoms with Crippen molar-refractivity contribution in [2.45, 2.75) is 13.8 Å². The lowest BCUT2D eigenvalue weighted by Crippen LogP contribution is -2.36. The fourth-order valence-electron chi connectivity index (χ4n) is 0.879. The van der Waals surface area contributed by atoms with Crippen LogP contribution in [0.4, 0.5) is 0 Å². The highest BCUT2D eigenvalue weighted by Crippen LogP contribution is 1.99. The zero-order valence-electron chi connectivity index (χ0n) is 9.02. The Morgan fingerprint density at radius 3 is 2.69 bits per heavy atom. The van der Waals surface area contributed by atoms with Crippen LogP contribution in [0.5, 0.6) is 0 Å². The molecule has 1 heterocycles. The van der Waals surface area contributed by atoms with Crippen LogP contribution in [0.3, 0.4) is 0 Å². The monoisotopic (exact) mass is 220 g/mol. The Bertz CT molecular complexity index is 414. The molecule has 0 aliphatic heterocycles. The first-order valence-electron chi connectivity index (χ1n) is 4.62. The molecule has 1 aromatic rings. The number of nitrogens with zero attached hydrogens (tertiary/aromatic N) is 2. The zero-order valence-corrected chi connectivity index (χ0v) is 9.02. The third-order valence-electron chi connectivity index (χ3n) is 1.97. The molecule has 0 saturated carbocycles. The van der Waals surface area contributed by atoms with Gasteiger partial charge in [-0.2, -0.15) is 0 Å². The van der Waals surface area contributed by atoms with Crippen molar-refractivity contribution in [1.82, 2.24) is 15.8 Å². The number of amides is 1. The normalized spacial score (nSPS) is 11.4. The first kappa shape index (κ1) is 11.8. The molecule has 0 aliphatic carbocycles. The zero-order chi connectivity index (χ0) is 12.0. The lowest BCUT2D eigenvalue weighted by atomic mass is 10.3. The first-order chi connectivity index (χ1) is 7.65. The summed E-state index contributed by atoms with van der Waals surface area (Å²) in [5, 5.41) is 2.74. The minimum absolute atomic E-state index is 0.284. The molecule has 0 unspecified atom stereocenters. The smallest absolute Gasteiger partial charge is 0.271 e. The highest BCUT2D eigenvalue weighted by molar-refractivity contribution is 5.93. The molecule has 1 aromatic heterocycles. The second-order valence-corrected chi connectivity index (χ2v) is 3.12. The Kier molecular flexibility index (Phi) is 4.14. The van der Waals surface area contributed by atoms with E-state index in [2.05, 4.69) is 21.0 Å². The van der Waals surface area contributed by atoms with Crippen LogP contribution in [0.1, 0.15) is 24.2 Å². The van der Waals surface area contributed by atoms with Crippen molar-refractivity contribution in [1.29, 1.82) is 0 Å². The average molecular weight is 220 g/mol. The summed E-state index contributed by atoms with van der Waals surface area (Å²) in [5.74, 6) is -0.328. The number of pyridine rings is 1. The lowest BCUT2D eigenvalue weighted by Gasteiger charge is -2.08. The van der Waals surface area contributed by atoms with Crippen LogP contribution in [0.15, 0.2) is 41.1 Å². The number of carbonyl (C=O) groups is 1. The molecule has 0 spiro atoms. The van der Waals surface area contributed by atoms with E-state index in [1.165, 1.54) is 6.20 Å². The van der Waals surface area contributed by atoms with Gasteiger partial charge in [-0.25, -0.2) is 0 Å². The summed E-state index contributed by atoms with van der Waals surface area (Å²) in [7, 11) is 0. The summed E-state index contributed by atoms with van der Waals surface area (Å²) in [4.78, 5) is 25.5. The summed E-state index contributed by atoms with van der Waals surface area (Å²) >= 11 is 0. The highest BCUT2D eigenvalue weighted by Gasteiger charge is 2.04. The molecule has 0 radical (unpaired) electrons. The Morgan fingerprint density at radius 2 is 2.12 bits per heavy atom. The summed E-state index contributed by atoms with van der Waals surface area (Å²) in [6.45, 7) is 3.19. The van der Waals surface area contributed by atoms with Gasteiger partial charge in [0.1, 0.15) is 5.70 Å². The predicted molar refractivity (Wildman–Crippen MR) is 59.0 cm³/mol. The van der Waals surface area contributed by atoms with Gasteiger partial charge in [0.15, 0.2) is 0 Å². The van der Waals surface area contributed by atoms with E-state index in [4.69, 9.17) is 0 Å². The predicted octanol–water partition coefficient (Wildman–Crippen LogP) is 1.33. The molecule has 1 amide bonds. The SMILES string of the molecule is CC(N=O)=C(C)NNC(=O)c1cccnc1. The number of hydrogen-bond donors (Lipinski definition) is 2. The Labute approximate surface area is 92.7 Å². The molecule has 16 heavy (non-hydrogen) atoms. The van der Waals surface area contributed by atoms with Gasteiger partial charge in [-0.15, -0.1) is 4.91 Å². The number of hydrogen-bond acceptors (Lipinski definition) is 5. The minimum Gasteiger partial charge on any atom is -0.301 e. The molecule has 84 valence electrons. The molecule has 0 fully saturated rings. The minimum atomic E-state index is -0.328. The first-order valence-corrected chi connectivity index (χ1v) is 4.62. The van der Waals surface area contributed by atoms with Crippen LogP contribution in [-0.4, -0.2) is 10.9 Å². The maximum atomic E-state index is 11.5. The van der Waals surface area contributed by atoms with Gasteiger partial charge >= 0.3 is 0 Å². The topological polar surface area (TPSA) is 83.5 Å². The largest absolute Gasteiger partial charge is 0.301 e. The fourth-order valence-corrected chi connectivity index (χ4v) is 0.879. The molecule has 0 bridgehead atoms. The number of aromatic nitrogens is 1. The van der Waals surface area contributed by atoms with Crippen molar-refractivity contribution in [2.24, 2.45) is 5.18 Å². The third-order valence-corrected chi connectivity index (χ3v) is 1.97. The Hall–Kier alpha value is -2.24. The number of hydrazine groups is 1. The van der Waals surface area contributed by atoms with Gasteiger partial charge in [0.25, 0.3) is 5.91 Å². The van der Waals surface area contributed by atoms with Crippen LogP contribution < -0.4 is 10.9 Å². The molecule has 0 saturated heterocycles. The molecule has 0 atom stereocenters. The van der Waals surface area contributed by atoms with Gasteiger partial charge in [-0.1, -0.05) is 0 Å². The summed E-state index contributed by atoms with van der Waals surface area (Å²) in [5.41, 5.74) is 6.23. The van der Waals surface area contributed by atoms with Crippen LogP contribution in [-0.2, 0) is 0 Å². The quantitative estimate of drug-likeness (QED) is 0.592. The van der Waals surface area contributed by atoms with Crippen molar-refractivity contribution in [3.8, 4) is 0 Å². The van der Waals surface area contributed by atoms with Crippen molar-refractivity contribution >= 4 is 5.91 Å². The summed E-state index contributed by atoms with van der Waals surface area (Å²) in [6.07, 6.45) is 3.02. The molecule has 2 N–H and O–H groups in total. The fraction of sp³-hybridized carbons (Fsp3) is 0.200. The van der Waals surface area contributed by atoms with Crippen molar-refractivity contribution in [2.75, 3.05) is 0 Å². The molecule has 0 aliphatic rings. The number of nitrogens with one attached hydrogen (secondary N) is 2. The van der Waals surface area contributed by atoms with Gasteiger partial charge in [0.05, 0.1) is 11.3 Å². The number of carbonyl (C=O) groups excluding carboxylic acids is 1. The third kappa shape index (κ3) is 3.16. The van der Waals surface area contributed by atoms with Crippen molar-refractivity contribution in [3.05, 3.63) is 46.4 Å². The van der Waals surface area contributed by atoms with Gasteiger partial charge in [-0.05, 0) is 31.2 Å². The van der Waals surface area contributed by atoms with E-state index in [-0.39, 0.29) is 11.6 Å². The van der Waals surface area contributed by atoms with Crippen LogP contribution >= 0.6 is 0 Å². The van der Waals surface area contributed by atoms with Crippen molar-refractivity contribution < 1.29 is 4.79 Å². The van der Waals surface area contributed by atoms with Crippen LogP contribution in [0.25, 0.3) is 0 Å². The highest BCUT2D eigenvalue weighted by atomic mass is 16.3. The van der Waals surface area contributed by atoms with Gasteiger partial charge in [-0.3, -0.25) is 15.2 Å². The average Bonchev–Trinajstić information content (AvgIpc) is 2.35. The molecule has 6 nitrogen and oxygen atoms in total. The van der Waals surface area contributed by atoms with Gasteiger partial charge in [0, 0.05) is 12.4 Å². The second-order valence-electron chi connectivity index (χ2n) is 3.12. The van der Waals surface area contributed by atoms with E-state index in [0.29, 0.717) is 11.3 Å². The summed E-state index contributed by atoms with van der Waals surface area (Å²) < 4.78 is 0. The number of rotatable bonds is 4. The van der Waals surface area contributed by atoms with E-state index in [9.17, 15) is 9.70 Å². The van der Waals surface area contributed by atoms with E-state index in [1.54, 1.807) is 32.2 Å². The standard InChI is InChI=1S/C10H12N4O2/c1-7(8(2)14-16)12-13-10(15)9-4-3-5-11-6-9/h3-6,12H,1-2H3,(H,13,15). The number of allylic oxidation sites excluding steroid dienone is 2. The molecular formula is C10H12N4O2. The Morgan fingerprint density at radius 1 is 1.38 bits per heavy atom. The lowest BCUT2D eigenvalue weighted by molar-refractivity contribution is 0.0938. The van der Waals surface area contributed by atoms with Crippen molar-refractivity contribution in [3.63, 3.8) is 0 Å². The maximum Gasteiger partial charge on any atom is 0.271 e. The van der Waals surface area contributed by atoms with E-state index >= 15 is 0 Å². The molecular weight excluding hydrogens is 208 g/mol. The second kappa shape index (κ2) is 5.59. The molecule has 1 rings (SSSR count). The maximum absolute atomic E-state index is 11.5. The molecule has 0 aromatic carbocycles.